The van der Waals surface area contributed by atoms with Gasteiger partial charge in [-0.1, -0.05) is 24.3 Å². The largest absolute Gasteiger partial charge is 0.454 e. The molecule has 0 radical (unpaired) electrons. The number of hydrogen-bond donors (Lipinski definition) is 0. The molecule has 0 unspecified atom stereocenters. The number of ether oxygens (including phenoxy) is 1. The number of aryl methyl sites for hydroxylation is 3. The van der Waals surface area contributed by atoms with Crippen molar-refractivity contribution in [3.8, 4) is 5.69 Å². The molecular formula is C25H24FNO3. The summed E-state index contributed by atoms with van der Waals surface area (Å²) in [6.07, 6.45) is 2.44. The van der Waals surface area contributed by atoms with E-state index in [1.807, 2.05) is 31.4 Å². The summed E-state index contributed by atoms with van der Waals surface area (Å²) in [6, 6.07) is 14.0. The van der Waals surface area contributed by atoms with E-state index >= 15 is 0 Å². The summed E-state index contributed by atoms with van der Waals surface area (Å²) in [5, 5.41) is 0. The number of nitrogens with zero attached hydrogens (tertiary/aromatic N) is 1. The standard InChI is InChI=1S/C25H24FNO3/c1-16-9-11-21(13-17(16)2)27-18(3)14-22(19(27)4)24(28)15-30-25(29)12-10-20-7-5-6-8-23(20)26/h5-14H,15H2,1-4H3/b12-10+. The first-order valence-electron chi connectivity index (χ1n) is 9.67. The Morgan fingerprint density at radius 3 is 2.43 bits per heavy atom. The Balaban J connectivity index is 1.71. The van der Waals surface area contributed by atoms with E-state index in [2.05, 4.69) is 19.1 Å². The summed E-state index contributed by atoms with van der Waals surface area (Å²) in [6.45, 7) is 7.53. The second kappa shape index (κ2) is 8.91. The Hall–Kier alpha value is -3.47. The molecule has 3 aromatic rings. The monoisotopic (exact) mass is 405 g/mol. The van der Waals surface area contributed by atoms with Gasteiger partial charge in [0.15, 0.2) is 6.61 Å². The molecule has 4 nitrogen and oxygen atoms in total. The minimum absolute atomic E-state index is 0.276. The fraction of sp³-hybridized carbons (Fsp3) is 0.200. The average molecular weight is 405 g/mol. The predicted octanol–water partition coefficient (Wildman–Crippen LogP) is 5.29. The van der Waals surface area contributed by atoms with Crippen molar-refractivity contribution in [2.45, 2.75) is 27.7 Å². The smallest absolute Gasteiger partial charge is 0.331 e. The summed E-state index contributed by atoms with van der Waals surface area (Å²) >= 11 is 0. The van der Waals surface area contributed by atoms with Crippen LogP contribution in [-0.2, 0) is 9.53 Å². The molecule has 0 aliphatic rings. The number of halogens is 1. The van der Waals surface area contributed by atoms with E-state index in [9.17, 15) is 14.0 Å². The molecule has 2 aromatic carbocycles. The highest BCUT2D eigenvalue weighted by Crippen LogP contribution is 2.23. The van der Waals surface area contributed by atoms with Gasteiger partial charge < -0.3 is 9.30 Å². The molecule has 0 saturated carbocycles. The quantitative estimate of drug-likeness (QED) is 0.318. The zero-order valence-corrected chi connectivity index (χ0v) is 17.5. The first-order valence-corrected chi connectivity index (χ1v) is 9.67. The molecule has 0 spiro atoms. The van der Waals surface area contributed by atoms with Crippen molar-refractivity contribution in [3.05, 3.63) is 94.1 Å². The second-order valence-electron chi connectivity index (χ2n) is 7.27. The fourth-order valence-corrected chi connectivity index (χ4v) is 3.34. The maximum atomic E-state index is 13.6. The van der Waals surface area contributed by atoms with Crippen molar-refractivity contribution >= 4 is 17.8 Å². The molecule has 0 atom stereocenters. The number of ketones is 1. The van der Waals surface area contributed by atoms with Gasteiger partial charge in [0.1, 0.15) is 5.82 Å². The van der Waals surface area contributed by atoms with Crippen molar-refractivity contribution in [3.63, 3.8) is 0 Å². The highest BCUT2D eigenvalue weighted by atomic mass is 19.1. The van der Waals surface area contributed by atoms with Crippen LogP contribution >= 0.6 is 0 Å². The lowest BCUT2D eigenvalue weighted by atomic mass is 10.1. The number of esters is 1. The number of rotatable bonds is 6. The molecule has 0 aliphatic carbocycles. The molecule has 30 heavy (non-hydrogen) atoms. The molecule has 3 rings (SSSR count). The van der Waals surface area contributed by atoms with Crippen molar-refractivity contribution in [2.75, 3.05) is 6.61 Å². The molecule has 0 N–H and O–H groups in total. The van der Waals surface area contributed by atoms with E-state index in [1.54, 1.807) is 24.3 Å². The van der Waals surface area contributed by atoms with Crippen LogP contribution in [0.4, 0.5) is 4.39 Å². The van der Waals surface area contributed by atoms with Gasteiger partial charge in [-0.05, 0) is 69.2 Å². The molecule has 0 saturated heterocycles. The van der Waals surface area contributed by atoms with Crippen molar-refractivity contribution in [1.82, 2.24) is 4.57 Å². The van der Waals surface area contributed by atoms with Crippen LogP contribution in [-0.4, -0.2) is 22.9 Å². The molecule has 1 heterocycles. The Morgan fingerprint density at radius 2 is 1.73 bits per heavy atom. The fourth-order valence-electron chi connectivity index (χ4n) is 3.34. The molecule has 0 aliphatic heterocycles. The van der Waals surface area contributed by atoms with Gasteiger partial charge in [0.25, 0.3) is 0 Å². The summed E-state index contributed by atoms with van der Waals surface area (Å²) in [4.78, 5) is 24.6. The average Bonchev–Trinajstić information content (AvgIpc) is 3.02. The Morgan fingerprint density at radius 1 is 1.00 bits per heavy atom. The molecule has 154 valence electrons. The number of carbonyl (C=O) groups is 2. The first-order chi connectivity index (χ1) is 14.3. The number of benzene rings is 2. The van der Waals surface area contributed by atoms with E-state index in [0.29, 0.717) is 5.56 Å². The number of aromatic nitrogens is 1. The number of hydrogen-bond acceptors (Lipinski definition) is 3. The highest BCUT2D eigenvalue weighted by molar-refractivity contribution is 6.00. The van der Waals surface area contributed by atoms with Crippen molar-refractivity contribution in [2.24, 2.45) is 0 Å². The van der Waals surface area contributed by atoms with Gasteiger partial charge >= 0.3 is 5.97 Å². The zero-order chi connectivity index (χ0) is 21.8. The summed E-state index contributed by atoms with van der Waals surface area (Å²) in [7, 11) is 0. The van der Waals surface area contributed by atoms with Gasteiger partial charge in [-0.15, -0.1) is 0 Å². The summed E-state index contributed by atoms with van der Waals surface area (Å²) in [5.41, 5.74) is 5.85. The lowest BCUT2D eigenvalue weighted by Crippen LogP contribution is -2.13. The van der Waals surface area contributed by atoms with E-state index in [0.717, 1.165) is 23.2 Å². The van der Waals surface area contributed by atoms with Crippen LogP contribution in [0, 0.1) is 33.5 Å². The molecule has 5 heteroatoms. The number of carbonyl (C=O) groups excluding carboxylic acids is 2. The molecule has 0 fully saturated rings. The van der Waals surface area contributed by atoms with Crippen LogP contribution in [0.25, 0.3) is 11.8 Å². The number of Topliss-reactive ketones (excluding diaryl/α,β-unsaturated/α-hetero) is 1. The lowest BCUT2D eigenvalue weighted by Gasteiger charge is -2.12. The summed E-state index contributed by atoms with van der Waals surface area (Å²) in [5.74, 6) is -1.42. The van der Waals surface area contributed by atoms with E-state index in [1.165, 1.54) is 23.3 Å². The zero-order valence-electron chi connectivity index (χ0n) is 17.5. The van der Waals surface area contributed by atoms with Gasteiger partial charge in [-0.2, -0.15) is 0 Å². The van der Waals surface area contributed by atoms with Gasteiger partial charge in [0.2, 0.25) is 5.78 Å². The normalized spacial score (nSPS) is 11.1. The molecule has 1 aromatic heterocycles. The van der Waals surface area contributed by atoms with Crippen LogP contribution in [0.5, 0.6) is 0 Å². The molecule has 0 amide bonds. The van der Waals surface area contributed by atoms with E-state index < -0.39 is 11.8 Å². The van der Waals surface area contributed by atoms with Crippen LogP contribution in [0.15, 0.2) is 54.6 Å². The van der Waals surface area contributed by atoms with Gasteiger partial charge in [-0.3, -0.25) is 4.79 Å². The minimum atomic E-state index is -0.699. The summed E-state index contributed by atoms with van der Waals surface area (Å²) < 4.78 is 20.7. The van der Waals surface area contributed by atoms with Crippen molar-refractivity contribution in [1.29, 1.82) is 0 Å². The predicted molar refractivity (Wildman–Crippen MR) is 115 cm³/mol. The topological polar surface area (TPSA) is 48.3 Å². The second-order valence-corrected chi connectivity index (χ2v) is 7.27. The third kappa shape index (κ3) is 4.57. The van der Waals surface area contributed by atoms with E-state index in [4.69, 9.17) is 4.74 Å². The molecule has 0 bridgehead atoms. The van der Waals surface area contributed by atoms with Crippen molar-refractivity contribution < 1.29 is 18.7 Å². The third-order valence-corrected chi connectivity index (χ3v) is 5.13. The van der Waals surface area contributed by atoms with Gasteiger partial charge in [0, 0.05) is 34.3 Å². The van der Waals surface area contributed by atoms with Crippen LogP contribution in [0.2, 0.25) is 0 Å². The van der Waals surface area contributed by atoms with Gasteiger partial charge in [0.05, 0.1) is 0 Å². The maximum Gasteiger partial charge on any atom is 0.331 e. The van der Waals surface area contributed by atoms with Crippen LogP contribution in [0.1, 0.15) is 38.4 Å². The SMILES string of the molecule is Cc1ccc(-n2c(C)cc(C(=O)COC(=O)/C=C/c3ccccc3F)c2C)cc1C. The first kappa shape index (κ1) is 21.2. The lowest BCUT2D eigenvalue weighted by molar-refractivity contribution is -0.136. The third-order valence-electron chi connectivity index (χ3n) is 5.13. The van der Waals surface area contributed by atoms with Crippen LogP contribution < -0.4 is 0 Å². The highest BCUT2D eigenvalue weighted by Gasteiger charge is 2.18. The Bertz CT molecular complexity index is 1140. The minimum Gasteiger partial charge on any atom is -0.454 e. The molecular weight excluding hydrogens is 381 g/mol. The Kier molecular flexibility index (Phi) is 6.31. The van der Waals surface area contributed by atoms with Gasteiger partial charge in [-0.25, -0.2) is 9.18 Å². The van der Waals surface area contributed by atoms with E-state index in [-0.39, 0.29) is 18.0 Å². The van der Waals surface area contributed by atoms with Crippen LogP contribution in [0.3, 0.4) is 0 Å². The maximum absolute atomic E-state index is 13.6. The Labute approximate surface area is 175 Å².